The second-order valence-electron chi connectivity index (χ2n) is 8.09. The number of carboxylic acids is 1. The smallest absolute Gasteiger partial charge is 0.326 e. The van der Waals surface area contributed by atoms with Gasteiger partial charge in [-0.05, 0) is 55.5 Å². The molecular weight excluding hydrogens is 384 g/mol. The van der Waals surface area contributed by atoms with Crippen LogP contribution >= 0.6 is 0 Å². The molecule has 1 fully saturated rings. The molecule has 2 atom stereocenters. The summed E-state index contributed by atoms with van der Waals surface area (Å²) in [6.45, 7) is 6.96. The number of nitrogens with zero attached hydrogens (tertiary/aromatic N) is 2. The second-order valence-corrected chi connectivity index (χ2v) is 8.09. The van der Waals surface area contributed by atoms with Gasteiger partial charge >= 0.3 is 5.97 Å². The Morgan fingerprint density at radius 1 is 1.17 bits per heavy atom. The number of hydrogen-bond donors (Lipinski definition) is 1. The first kappa shape index (κ1) is 21.6. The van der Waals surface area contributed by atoms with Crippen LogP contribution in [0.3, 0.4) is 0 Å². The summed E-state index contributed by atoms with van der Waals surface area (Å²) >= 11 is 0. The predicted octanol–water partition coefficient (Wildman–Crippen LogP) is 3.66. The van der Waals surface area contributed by atoms with E-state index in [2.05, 4.69) is 13.8 Å². The molecule has 30 heavy (non-hydrogen) atoms. The minimum absolute atomic E-state index is 0.00941. The number of carboxylic acid groups (broad SMARTS) is 1. The Morgan fingerprint density at radius 3 is 2.43 bits per heavy atom. The first-order valence-corrected chi connectivity index (χ1v) is 10.3. The molecule has 7 heteroatoms. The summed E-state index contributed by atoms with van der Waals surface area (Å²) < 4.78 is 5.29. The van der Waals surface area contributed by atoms with Gasteiger partial charge < -0.3 is 19.3 Å². The van der Waals surface area contributed by atoms with E-state index in [0.717, 1.165) is 5.56 Å². The van der Waals surface area contributed by atoms with Crippen LogP contribution in [-0.2, 0) is 11.3 Å². The van der Waals surface area contributed by atoms with Gasteiger partial charge in [0.15, 0.2) is 5.76 Å². The summed E-state index contributed by atoms with van der Waals surface area (Å²) in [5.74, 6) is -0.864. The number of rotatable bonds is 7. The fourth-order valence-electron chi connectivity index (χ4n) is 3.68. The lowest BCUT2D eigenvalue weighted by molar-refractivity contribution is -0.141. The largest absolute Gasteiger partial charge is 0.480 e. The van der Waals surface area contributed by atoms with Crippen molar-refractivity contribution in [2.45, 2.75) is 52.2 Å². The van der Waals surface area contributed by atoms with Crippen LogP contribution in [0.4, 0.5) is 0 Å². The Labute approximate surface area is 176 Å². The van der Waals surface area contributed by atoms with Crippen LogP contribution in [0.2, 0.25) is 0 Å². The maximum atomic E-state index is 12.9. The monoisotopic (exact) mass is 412 g/mol. The van der Waals surface area contributed by atoms with Gasteiger partial charge in [0.2, 0.25) is 0 Å². The summed E-state index contributed by atoms with van der Waals surface area (Å²) in [6, 6.07) is 9.60. The highest BCUT2D eigenvalue weighted by Gasteiger charge is 2.34. The van der Waals surface area contributed by atoms with Gasteiger partial charge in [0.05, 0.1) is 6.26 Å². The van der Waals surface area contributed by atoms with E-state index in [9.17, 15) is 19.5 Å². The average molecular weight is 412 g/mol. The van der Waals surface area contributed by atoms with Gasteiger partial charge in [-0.1, -0.05) is 26.0 Å². The molecule has 7 nitrogen and oxygen atoms in total. The first-order chi connectivity index (χ1) is 14.3. The highest BCUT2D eigenvalue weighted by Crippen LogP contribution is 2.22. The Balaban J connectivity index is 1.76. The van der Waals surface area contributed by atoms with Crippen molar-refractivity contribution in [3.8, 4) is 0 Å². The van der Waals surface area contributed by atoms with Crippen LogP contribution < -0.4 is 0 Å². The molecule has 160 valence electrons. The fourth-order valence-corrected chi connectivity index (χ4v) is 3.68. The van der Waals surface area contributed by atoms with Gasteiger partial charge in [-0.2, -0.15) is 0 Å². The third kappa shape index (κ3) is 4.56. The number of benzene rings is 1. The molecule has 1 aliphatic rings. The van der Waals surface area contributed by atoms with Crippen molar-refractivity contribution in [2.75, 3.05) is 6.54 Å². The van der Waals surface area contributed by atoms with Gasteiger partial charge in [0.25, 0.3) is 11.8 Å². The van der Waals surface area contributed by atoms with Gasteiger partial charge in [0.1, 0.15) is 6.04 Å². The maximum absolute atomic E-state index is 12.9. The molecule has 1 aliphatic heterocycles. The summed E-state index contributed by atoms with van der Waals surface area (Å²) in [7, 11) is 0. The fraction of sp³-hybridized carbons (Fsp3) is 0.435. The average Bonchev–Trinajstić information content (AvgIpc) is 3.43. The molecule has 1 aromatic carbocycles. The molecule has 2 heterocycles. The van der Waals surface area contributed by atoms with Crippen LogP contribution in [0.25, 0.3) is 0 Å². The molecule has 0 saturated carbocycles. The van der Waals surface area contributed by atoms with Crippen LogP contribution in [0.1, 0.15) is 60.1 Å². The van der Waals surface area contributed by atoms with Gasteiger partial charge in [-0.15, -0.1) is 0 Å². The number of hydrogen-bond acceptors (Lipinski definition) is 4. The van der Waals surface area contributed by atoms with Gasteiger partial charge in [-0.3, -0.25) is 9.59 Å². The SMILES string of the molecule is CC(C)C(C)N(Cc1ccc(C(=O)N2CCC[C@@H]2C(=O)O)cc1)C(=O)c1ccco1. The van der Waals surface area contributed by atoms with Crippen molar-refractivity contribution in [1.29, 1.82) is 0 Å². The minimum atomic E-state index is -0.966. The molecule has 1 unspecified atom stereocenters. The number of aliphatic carboxylic acids is 1. The highest BCUT2D eigenvalue weighted by atomic mass is 16.4. The van der Waals surface area contributed by atoms with Crippen molar-refractivity contribution in [1.82, 2.24) is 9.80 Å². The van der Waals surface area contributed by atoms with Crippen molar-refractivity contribution in [2.24, 2.45) is 5.92 Å². The molecule has 0 aliphatic carbocycles. The third-order valence-electron chi connectivity index (χ3n) is 5.80. The second kappa shape index (κ2) is 9.15. The number of likely N-dealkylation sites (tertiary alicyclic amines) is 1. The molecule has 0 bridgehead atoms. The predicted molar refractivity (Wildman–Crippen MR) is 111 cm³/mol. The molecule has 2 amide bonds. The van der Waals surface area contributed by atoms with Crippen LogP contribution in [0.15, 0.2) is 47.1 Å². The van der Waals surface area contributed by atoms with Crippen LogP contribution in [-0.4, -0.2) is 51.3 Å². The topological polar surface area (TPSA) is 91.1 Å². The molecule has 1 N–H and O–H groups in total. The quantitative estimate of drug-likeness (QED) is 0.749. The lowest BCUT2D eigenvalue weighted by Gasteiger charge is -2.31. The Bertz CT molecular complexity index is 889. The Hall–Kier alpha value is -3.09. The summed E-state index contributed by atoms with van der Waals surface area (Å²) in [5.41, 5.74) is 1.34. The third-order valence-corrected chi connectivity index (χ3v) is 5.80. The molecule has 0 spiro atoms. The van der Waals surface area contributed by atoms with Crippen molar-refractivity contribution < 1.29 is 23.9 Å². The van der Waals surface area contributed by atoms with E-state index in [4.69, 9.17) is 4.42 Å². The maximum Gasteiger partial charge on any atom is 0.326 e. The zero-order valence-corrected chi connectivity index (χ0v) is 17.6. The van der Waals surface area contributed by atoms with Crippen LogP contribution in [0.5, 0.6) is 0 Å². The standard InChI is InChI=1S/C23H28N2O5/c1-15(2)16(3)25(22(27)20-7-5-13-30-20)14-17-8-10-18(11-9-17)21(26)24-12-4-6-19(24)23(28)29/h5,7-11,13,15-16,19H,4,6,12,14H2,1-3H3,(H,28,29)/t16?,19-/m1/s1. The lowest BCUT2D eigenvalue weighted by atomic mass is 10.0. The Morgan fingerprint density at radius 2 is 1.87 bits per heavy atom. The van der Waals surface area contributed by atoms with E-state index in [1.54, 1.807) is 29.2 Å². The molecule has 0 radical (unpaired) electrons. The molecule has 2 aromatic rings. The van der Waals surface area contributed by atoms with E-state index in [-0.39, 0.29) is 23.8 Å². The Kier molecular flexibility index (Phi) is 6.59. The molecule has 1 saturated heterocycles. The van der Waals surface area contributed by atoms with Gasteiger partial charge in [0, 0.05) is 24.7 Å². The van der Waals surface area contributed by atoms with Crippen molar-refractivity contribution in [3.63, 3.8) is 0 Å². The summed E-state index contributed by atoms with van der Waals surface area (Å²) in [6.07, 6.45) is 2.66. The number of carbonyl (C=O) groups is 3. The van der Waals surface area contributed by atoms with E-state index in [0.29, 0.717) is 37.3 Å². The normalized spacial score (nSPS) is 17.2. The lowest BCUT2D eigenvalue weighted by Crippen LogP contribution is -2.41. The number of furan rings is 1. The van der Waals surface area contributed by atoms with E-state index >= 15 is 0 Å². The first-order valence-electron chi connectivity index (χ1n) is 10.3. The van der Waals surface area contributed by atoms with E-state index in [1.165, 1.54) is 11.2 Å². The van der Waals surface area contributed by atoms with E-state index in [1.807, 2.05) is 19.1 Å². The number of carbonyl (C=O) groups excluding carboxylic acids is 2. The summed E-state index contributed by atoms with van der Waals surface area (Å²) in [5, 5.41) is 9.31. The highest BCUT2D eigenvalue weighted by molar-refractivity contribution is 5.97. The van der Waals surface area contributed by atoms with Gasteiger partial charge in [-0.25, -0.2) is 4.79 Å². The molecular formula is C23H28N2O5. The zero-order valence-electron chi connectivity index (χ0n) is 17.6. The van der Waals surface area contributed by atoms with Crippen LogP contribution in [0, 0.1) is 5.92 Å². The summed E-state index contributed by atoms with van der Waals surface area (Å²) in [4.78, 5) is 40.2. The minimum Gasteiger partial charge on any atom is -0.480 e. The number of amides is 2. The molecule has 1 aromatic heterocycles. The molecule has 3 rings (SSSR count). The van der Waals surface area contributed by atoms with Crippen molar-refractivity contribution in [3.05, 3.63) is 59.5 Å². The van der Waals surface area contributed by atoms with Crippen molar-refractivity contribution >= 4 is 17.8 Å². The zero-order chi connectivity index (χ0) is 21.8. The van der Waals surface area contributed by atoms with E-state index < -0.39 is 12.0 Å².